The van der Waals surface area contributed by atoms with E-state index in [-0.39, 0.29) is 31.6 Å². The Balaban J connectivity index is 4.43. The lowest BCUT2D eigenvalue weighted by Crippen LogP contribution is -2.30. The van der Waals surface area contributed by atoms with E-state index in [1.165, 1.54) is 70.6 Å². The van der Waals surface area contributed by atoms with Crippen LogP contribution in [0.5, 0.6) is 0 Å². The first-order valence-corrected chi connectivity index (χ1v) is 20.8. The van der Waals surface area contributed by atoms with Crippen molar-refractivity contribution in [2.75, 3.05) is 13.2 Å². The zero-order valence-corrected chi connectivity index (χ0v) is 33.1. The lowest BCUT2D eigenvalue weighted by molar-refractivity contribution is -0.166. The summed E-state index contributed by atoms with van der Waals surface area (Å²) < 4.78 is 16.5. The van der Waals surface area contributed by atoms with E-state index in [4.69, 9.17) is 14.2 Å². The maximum absolute atomic E-state index is 12.6. The molecule has 0 rings (SSSR count). The first kappa shape index (κ1) is 48.1. The summed E-state index contributed by atoms with van der Waals surface area (Å²) in [5.74, 6) is -1.01. The van der Waals surface area contributed by atoms with Gasteiger partial charge in [0.1, 0.15) is 13.2 Å². The number of rotatable bonds is 36. The van der Waals surface area contributed by atoms with E-state index in [1.54, 1.807) is 0 Å². The fourth-order valence-electron chi connectivity index (χ4n) is 5.39. The van der Waals surface area contributed by atoms with Gasteiger partial charge in [0, 0.05) is 19.3 Å². The summed E-state index contributed by atoms with van der Waals surface area (Å²) in [4.78, 5) is 37.4. The summed E-state index contributed by atoms with van der Waals surface area (Å²) in [5, 5.41) is 0. The average molecular weight is 713 g/mol. The maximum atomic E-state index is 12.6. The van der Waals surface area contributed by atoms with E-state index in [0.717, 1.165) is 70.6 Å². The molecule has 6 heteroatoms. The Morgan fingerprint density at radius 1 is 0.412 bits per heavy atom. The molecule has 0 aliphatic heterocycles. The highest BCUT2D eigenvalue weighted by molar-refractivity contribution is 5.71. The Morgan fingerprint density at radius 3 is 1.27 bits per heavy atom. The number of ether oxygens (including phenoxy) is 3. The summed E-state index contributed by atoms with van der Waals surface area (Å²) in [7, 11) is 0. The number of carbonyl (C=O) groups excluding carboxylic acids is 3. The van der Waals surface area contributed by atoms with Crippen molar-refractivity contribution >= 4 is 17.9 Å². The SMILES string of the molecule is CC/C=C\C/C=C\C/C=C\C/C=C\CCC(=O)OC(COC(=O)CCCCCCCC)COC(=O)CCCCCCC/C=C\CCCCCCC. The molecule has 0 aliphatic carbocycles. The number of hydrogen-bond acceptors (Lipinski definition) is 6. The predicted octanol–water partition coefficient (Wildman–Crippen LogP) is 13.0. The Hall–Kier alpha value is -2.89. The summed E-state index contributed by atoms with van der Waals surface area (Å²) in [6, 6.07) is 0. The van der Waals surface area contributed by atoms with Crippen molar-refractivity contribution < 1.29 is 28.6 Å². The van der Waals surface area contributed by atoms with Crippen LogP contribution in [0.15, 0.2) is 60.8 Å². The van der Waals surface area contributed by atoms with E-state index in [1.807, 2.05) is 12.2 Å². The molecule has 0 saturated carbocycles. The van der Waals surface area contributed by atoms with Gasteiger partial charge < -0.3 is 14.2 Å². The fourth-order valence-corrected chi connectivity index (χ4v) is 5.39. The molecule has 0 spiro atoms. The topological polar surface area (TPSA) is 78.9 Å². The van der Waals surface area contributed by atoms with Gasteiger partial charge in [-0.05, 0) is 70.6 Å². The number of unbranched alkanes of at least 4 members (excludes halogenated alkanes) is 15. The molecule has 0 aromatic heterocycles. The smallest absolute Gasteiger partial charge is 0.306 e. The lowest BCUT2D eigenvalue weighted by atomic mass is 10.1. The zero-order valence-electron chi connectivity index (χ0n) is 33.1. The molecular formula is C45H76O6. The van der Waals surface area contributed by atoms with Crippen LogP contribution < -0.4 is 0 Å². The lowest BCUT2D eigenvalue weighted by Gasteiger charge is -2.18. The molecule has 0 amide bonds. The van der Waals surface area contributed by atoms with Gasteiger partial charge in [-0.3, -0.25) is 14.4 Å². The van der Waals surface area contributed by atoms with Crippen LogP contribution in [0.4, 0.5) is 0 Å². The summed E-state index contributed by atoms with van der Waals surface area (Å²) in [5.41, 5.74) is 0. The number of hydrogen-bond donors (Lipinski definition) is 0. The molecule has 0 heterocycles. The zero-order chi connectivity index (χ0) is 37.3. The van der Waals surface area contributed by atoms with E-state index in [2.05, 4.69) is 69.4 Å². The van der Waals surface area contributed by atoms with Gasteiger partial charge in [-0.25, -0.2) is 0 Å². The van der Waals surface area contributed by atoms with E-state index in [0.29, 0.717) is 19.3 Å². The van der Waals surface area contributed by atoms with Crippen LogP contribution in [0.2, 0.25) is 0 Å². The molecular weight excluding hydrogens is 636 g/mol. The predicted molar refractivity (Wildman–Crippen MR) is 215 cm³/mol. The Kier molecular flexibility index (Phi) is 37.6. The van der Waals surface area contributed by atoms with Crippen LogP contribution in [-0.4, -0.2) is 37.2 Å². The minimum absolute atomic E-state index is 0.106. The first-order chi connectivity index (χ1) is 25.0. The highest BCUT2D eigenvalue weighted by Gasteiger charge is 2.19. The van der Waals surface area contributed by atoms with Crippen LogP contribution in [0.3, 0.4) is 0 Å². The third kappa shape index (κ3) is 38.2. The highest BCUT2D eigenvalue weighted by atomic mass is 16.6. The van der Waals surface area contributed by atoms with Gasteiger partial charge in [0.2, 0.25) is 0 Å². The second-order valence-electron chi connectivity index (χ2n) is 13.5. The second-order valence-corrected chi connectivity index (χ2v) is 13.5. The minimum Gasteiger partial charge on any atom is -0.462 e. The van der Waals surface area contributed by atoms with Gasteiger partial charge in [-0.1, -0.05) is 159 Å². The molecule has 6 nitrogen and oxygen atoms in total. The van der Waals surface area contributed by atoms with Crippen molar-refractivity contribution in [2.24, 2.45) is 0 Å². The summed E-state index contributed by atoms with van der Waals surface area (Å²) >= 11 is 0. The van der Waals surface area contributed by atoms with Crippen molar-refractivity contribution in [1.82, 2.24) is 0 Å². The van der Waals surface area contributed by atoms with Gasteiger partial charge in [-0.2, -0.15) is 0 Å². The third-order valence-corrected chi connectivity index (χ3v) is 8.52. The molecule has 0 bridgehead atoms. The Bertz CT molecular complexity index is 960. The van der Waals surface area contributed by atoms with Crippen LogP contribution in [0, 0.1) is 0 Å². The quantitative estimate of drug-likeness (QED) is 0.0278. The minimum atomic E-state index is -0.809. The molecule has 292 valence electrons. The summed E-state index contributed by atoms with van der Waals surface area (Å²) in [6.07, 6.45) is 46.6. The van der Waals surface area contributed by atoms with Crippen LogP contribution in [-0.2, 0) is 28.6 Å². The van der Waals surface area contributed by atoms with E-state index >= 15 is 0 Å². The number of esters is 3. The van der Waals surface area contributed by atoms with Crippen molar-refractivity contribution in [3.8, 4) is 0 Å². The Morgan fingerprint density at radius 2 is 0.804 bits per heavy atom. The summed E-state index contributed by atoms with van der Waals surface area (Å²) in [6.45, 7) is 6.35. The standard InChI is InChI=1S/C45H76O6/c1-4-7-10-13-16-18-20-22-24-25-27-29-32-35-38-44(47)50-41-42(40-49-43(46)37-34-31-15-12-9-6-3)51-45(48)39-36-33-30-28-26-23-21-19-17-14-11-8-5-2/h8,11,17,19-20,22-23,26,30,33,42H,4-7,9-10,12-16,18,21,24-25,27-29,31-32,34-41H2,1-3H3/b11-8-,19-17-,22-20-,26-23-,33-30-. The van der Waals surface area contributed by atoms with Crippen molar-refractivity contribution in [3.63, 3.8) is 0 Å². The normalized spacial score (nSPS) is 12.6. The van der Waals surface area contributed by atoms with Crippen molar-refractivity contribution in [1.29, 1.82) is 0 Å². The molecule has 0 aromatic rings. The van der Waals surface area contributed by atoms with Gasteiger partial charge >= 0.3 is 17.9 Å². The average Bonchev–Trinajstić information content (AvgIpc) is 3.13. The highest BCUT2D eigenvalue weighted by Crippen LogP contribution is 2.12. The molecule has 0 N–H and O–H groups in total. The third-order valence-electron chi connectivity index (χ3n) is 8.52. The number of carbonyl (C=O) groups is 3. The maximum Gasteiger partial charge on any atom is 0.306 e. The largest absolute Gasteiger partial charge is 0.462 e. The van der Waals surface area contributed by atoms with Gasteiger partial charge in [0.15, 0.2) is 6.10 Å². The van der Waals surface area contributed by atoms with E-state index in [9.17, 15) is 14.4 Å². The molecule has 1 unspecified atom stereocenters. The van der Waals surface area contributed by atoms with Crippen LogP contribution >= 0.6 is 0 Å². The second kappa shape index (κ2) is 39.9. The molecule has 0 radical (unpaired) electrons. The molecule has 0 saturated heterocycles. The Labute approximate surface area is 313 Å². The molecule has 0 aliphatic rings. The van der Waals surface area contributed by atoms with Gasteiger partial charge in [0.25, 0.3) is 0 Å². The van der Waals surface area contributed by atoms with Gasteiger partial charge in [0.05, 0.1) is 0 Å². The molecule has 51 heavy (non-hydrogen) atoms. The van der Waals surface area contributed by atoms with Crippen molar-refractivity contribution in [3.05, 3.63) is 60.8 Å². The van der Waals surface area contributed by atoms with Crippen molar-refractivity contribution in [2.45, 2.75) is 194 Å². The molecule has 0 fully saturated rings. The first-order valence-electron chi connectivity index (χ1n) is 20.8. The monoisotopic (exact) mass is 713 g/mol. The molecule has 1 atom stereocenters. The fraction of sp³-hybridized carbons (Fsp3) is 0.711. The van der Waals surface area contributed by atoms with E-state index < -0.39 is 12.1 Å². The molecule has 0 aromatic carbocycles. The van der Waals surface area contributed by atoms with Gasteiger partial charge in [-0.15, -0.1) is 0 Å². The number of allylic oxidation sites excluding steroid dienone is 10. The van der Waals surface area contributed by atoms with Crippen LogP contribution in [0.1, 0.15) is 188 Å². The van der Waals surface area contributed by atoms with Crippen LogP contribution in [0.25, 0.3) is 0 Å².